The maximum atomic E-state index is 12.3. The number of aldehydes is 1. The molecule has 0 unspecified atom stereocenters. The van der Waals surface area contributed by atoms with Gasteiger partial charge in [-0.05, 0) is 38.1 Å². The summed E-state index contributed by atoms with van der Waals surface area (Å²) in [6, 6.07) is 5.27. The smallest absolute Gasteiger partial charge is 0.338 e. The molecule has 2 aromatic rings. The Morgan fingerprint density at radius 1 is 0.900 bits per heavy atom. The number of carbonyl (C=O) groups is 3. The van der Waals surface area contributed by atoms with Crippen LogP contribution in [0.5, 0.6) is 0 Å². The van der Waals surface area contributed by atoms with Crippen molar-refractivity contribution < 1.29 is 53.8 Å². The number of methoxy groups -OCH3 is 2. The van der Waals surface area contributed by atoms with E-state index in [9.17, 15) is 34.8 Å². The van der Waals surface area contributed by atoms with Gasteiger partial charge in [-0.15, -0.1) is 11.7 Å². The minimum atomic E-state index is -5.14. The van der Waals surface area contributed by atoms with Crippen molar-refractivity contribution in [2.45, 2.75) is 20.3 Å². The summed E-state index contributed by atoms with van der Waals surface area (Å²) < 4.78 is 80.2. The molecule has 0 saturated carbocycles. The van der Waals surface area contributed by atoms with E-state index in [1.54, 1.807) is 13.8 Å². The number of alkyl halides is 2. The van der Waals surface area contributed by atoms with E-state index < -0.39 is 35.4 Å². The molecule has 16 heteroatoms. The number of ether oxygens (including phenoxy) is 4. The number of hydrogen-bond donors (Lipinski definition) is 0. The van der Waals surface area contributed by atoms with Crippen LogP contribution in [0.3, 0.4) is 0 Å². The van der Waals surface area contributed by atoms with Crippen molar-refractivity contribution in [2.75, 3.05) is 53.7 Å². The largest absolute Gasteiger partial charge is 0.462 e. The first-order valence-electron chi connectivity index (χ1n) is 11.6. The van der Waals surface area contributed by atoms with Gasteiger partial charge in [-0.1, -0.05) is 0 Å². The summed E-state index contributed by atoms with van der Waals surface area (Å²) in [4.78, 5) is 39.7. The molecular weight excluding hydrogens is 569 g/mol. The van der Waals surface area contributed by atoms with Crippen LogP contribution in [0, 0.1) is 0 Å². The van der Waals surface area contributed by atoms with Gasteiger partial charge in [0.05, 0.1) is 37.6 Å². The number of hydrogen-bond acceptors (Lipinski definition) is 10. The molecule has 0 aliphatic carbocycles. The lowest BCUT2D eigenvalue weighted by Crippen LogP contribution is -2.28. The summed E-state index contributed by atoms with van der Waals surface area (Å²) in [5, 5.41) is 0. The molecule has 0 amide bonds. The molecule has 0 N–H and O–H groups in total. The molecule has 2 aromatic heterocycles. The topological polar surface area (TPSA) is 117 Å². The van der Waals surface area contributed by atoms with Gasteiger partial charge in [0.15, 0.2) is 6.29 Å². The minimum absolute atomic E-state index is 0.0796. The zero-order valence-electron chi connectivity index (χ0n) is 22.4. The molecule has 0 aliphatic heterocycles. The Labute approximate surface area is 231 Å². The van der Waals surface area contributed by atoms with Gasteiger partial charge in [-0.25, -0.2) is 18.4 Å². The van der Waals surface area contributed by atoms with Crippen LogP contribution in [0.1, 0.15) is 57.2 Å². The van der Waals surface area contributed by atoms with Crippen LogP contribution in [-0.4, -0.2) is 86.2 Å². The maximum Gasteiger partial charge on any atom is 0.338 e. The Balaban J connectivity index is 0.000000571. The van der Waals surface area contributed by atoms with Crippen LogP contribution in [0.15, 0.2) is 36.7 Å². The Hall–Kier alpha value is -3.21. The van der Waals surface area contributed by atoms with Gasteiger partial charge < -0.3 is 18.9 Å². The molecule has 2 heterocycles. The first kappa shape index (κ1) is 36.8. The number of pyridine rings is 2. The summed E-state index contributed by atoms with van der Waals surface area (Å²) in [5.74, 6) is -1.05. The standard InChI is InChI=1S/C9H9F2NO2.C9H9NO3.C6H14F3NO2S/c1-2-14-9(13)6-3-4-12-7(5-6)8(10)11;1-2-13-9(12)7-3-4-10-8(5-7)6-11;1-11-5-3-10(4-6-12-2)13(7,8)9/h3-5,8H,2H2,1H3;3-6H,2H2,1H3;3-6H2,1-2H3. The van der Waals surface area contributed by atoms with Gasteiger partial charge in [0.2, 0.25) is 0 Å². The third kappa shape index (κ3) is 15.4. The monoisotopic (exact) mass is 601 g/mol. The highest BCUT2D eigenvalue weighted by molar-refractivity contribution is 8.18. The van der Waals surface area contributed by atoms with Crippen LogP contribution in [0.2, 0.25) is 0 Å². The third-order valence-electron chi connectivity index (χ3n) is 4.31. The van der Waals surface area contributed by atoms with E-state index in [4.69, 9.17) is 4.74 Å². The van der Waals surface area contributed by atoms with Crippen molar-refractivity contribution in [1.29, 1.82) is 0 Å². The van der Waals surface area contributed by atoms with E-state index in [1.165, 1.54) is 38.6 Å². The van der Waals surface area contributed by atoms with E-state index in [0.717, 1.165) is 12.3 Å². The molecule has 2 rings (SSSR count). The second kappa shape index (κ2) is 20.7. The lowest BCUT2D eigenvalue weighted by atomic mass is 10.2. The summed E-state index contributed by atoms with van der Waals surface area (Å²) in [6.45, 7) is 3.80. The van der Waals surface area contributed by atoms with Gasteiger partial charge in [-0.3, -0.25) is 14.8 Å². The van der Waals surface area contributed by atoms with E-state index in [-0.39, 0.29) is 44.2 Å². The van der Waals surface area contributed by atoms with E-state index >= 15 is 0 Å². The summed E-state index contributed by atoms with van der Waals surface area (Å²) in [5.41, 5.74) is 0.247. The number of rotatable bonds is 13. The third-order valence-corrected chi connectivity index (χ3v) is 5.26. The molecule has 0 atom stereocenters. The Kier molecular flexibility index (Phi) is 19.0. The van der Waals surface area contributed by atoms with Crippen molar-refractivity contribution in [2.24, 2.45) is 0 Å². The second-order valence-corrected chi connectivity index (χ2v) is 8.38. The highest BCUT2D eigenvalue weighted by Crippen LogP contribution is 2.56. The Morgan fingerprint density at radius 3 is 1.77 bits per heavy atom. The molecule has 0 aromatic carbocycles. The molecule has 0 aliphatic rings. The van der Waals surface area contributed by atoms with E-state index in [1.807, 2.05) is 0 Å². The van der Waals surface area contributed by atoms with Gasteiger partial charge >= 0.3 is 11.9 Å². The zero-order chi connectivity index (χ0) is 30.6. The molecule has 226 valence electrons. The van der Waals surface area contributed by atoms with Crippen molar-refractivity contribution in [3.63, 3.8) is 0 Å². The zero-order valence-corrected chi connectivity index (χ0v) is 23.2. The van der Waals surface area contributed by atoms with Crippen molar-refractivity contribution in [3.05, 3.63) is 59.2 Å². The lowest BCUT2D eigenvalue weighted by molar-refractivity contribution is 0.0516. The maximum absolute atomic E-state index is 12.3. The summed E-state index contributed by atoms with van der Waals surface area (Å²) in [7, 11) is 2.75. The molecule has 0 fully saturated rings. The second-order valence-electron chi connectivity index (χ2n) is 7.09. The van der Waals surface area contributed by atoms with E-state index in [2.05, 4.69) is 24.2 Å². The van der Waals surface area contributed by atoms with Crippen molar-refractivity contribution >= 4 is 29.6 Å². The molecular formula is C24H32F5N3O7S. The van der Waals surface area contributed by atoms with Crippen LogP contribution >= 0.6 is 11.4 Å². The van der Waals surface area contributed by atoms with E-state index in [0.29, 0.717) is 22.8 Å². The van der Waals surface area contributed by atoms with Gasteiger partial charge in [0.1, 0.15) is 11.4 Å². The fourth-order valence-electron chi connectivity index (χ4n) is 2.47. The summed E-state index contributed by atoms with van der Waals surface area (Å²) >= 11 is -5.14. The van der Waals surface area contributed by atoms with Crippen LogP contribution < -0.4 is 0 Å². The molecule has 0 radical (unpaired) electrons. The first-order valence-corrected chi connectivity index (χ1v) is 12.9. The quantitative estimate of drug-likeness (QED) is 0.172. The average Bonchev–Trinajstić information content (AvgIpc) is 2.93. The van der Waals surface area contributed by atoms with Gasteiger partial charge in [-0.2, -0.15) is 4.31 Å². The van der Waals surface area contributed by atoms with Gasteiger partial charge in [0, 0.05) is 39.7 Å². The van der Waals surface area contributed by atoms with Gasteiger partial charge in [0.25, 0.3) is 17.8 Å². The minimum Gasteiger partial charge on any atom is -0.462 e. The first-order chi connectivity index (χ1) is 18.9. The van der Waals surface area contributed by atoms with Crippen molar-refractivity contribution in [1.82, 2.24) is 14.3 Å². The predicted octanol–water partition coefficient (Wildman–Crippen LogP) is 5.22. The highest BCUT2D eigenvalue weighted by atomic mass is 32.3. The average molecular weight is 602 g/mol. The number of aromatic nitrogens is 2. The molecule has 0 spiro atoms. The van der Waals surface area contributed by atoms with Crippen LogP contribution in [-0.2, 0) is 18.9 Å². The fourth-order valence-corrected chi connectivity index (χ4v) is 3.03. The number of nitrogens with zero attached hydrogens (tertiary/aromatic N) is 3. The highest BCUT2D eigenvalue weighted by Gasteiger charge is 2.30. The molecule has 10 nitrogen and oxygen atoms in total. The van der Waals surface area contributed by atoms with Crippen LogP contribution in [0.4, 0.5) is 20.4 Å². The molecule has 40 heavy (non-hydrogen) atoms. The SMILES string of the molecule is CCOC(=O)c1ccnc(C(F)F)c1.CCOC(=O)c1ccnc(C=O)c1.COCCN(CCOC)S(F)(F)F. The molecule has 0 saturated heterocycles. The lowest BCUT2D eigenvalue weighted by Gasteiger charge is -2.26. The van der Waals surface area contributed by atoms with Crippen molar-refractivity contribution in [3.8, 4) is 0 Å². The number of carbonyl (C=O) groups excluding carboxylic acids is 3. The van der Waals surface area contributed by atoms with Crippen LogP contribution in [0.25, 0.3) is 0 Å². The number of esters is 2. The molecule has 0 bridgehead atoms. The normalized spacial score (nSPS) is 11.1. The number of halogens is 5. The Bertz CT molecular complexity index is 1020. The fraction of sp³-hybridized carbons (Fsp3) is 0.458. The Morgan fingerprint density at radius 2 is 1.38 bits per heavy atom. The predicted molar refractivity (Wildman–Crippen MR) is 137 cm³/mol. The summed E-state index contributed by atoms with van der Waals surface area (Å²) in [6.07, 6.45) is 0.469.